The monoisotopic (exact) mass is 353 g/mol. The van der Waals surface area contributed by atoms with Crippen molar-refractivity contribution >= 4 is 7.82 Å². The van der Waals surface area contributed by atoms with Gasteiger partial charge in [0.15, 0.2) is 0 Å². The lowest BCUT2D eigenvalue weighted by Crippen LogP contribution is -2.19. The Balaban J connectivity index is 2.51. The molecule has 1 unspecified atom stereocenters. The lowest BCUT2D eigenvalue weighted by Gasteiger charge is -2.24. The van der Waals surface area contributed by atoms with Crippen LogP contribution in [-0.2, 0) is 25.4 Å². The second kappa shape index (κ2) is 7.79. The van der Waals surface area contributed by atoms with Crippen molar-refractivity contribution in [3.8, 4) is 0 Å². The van der Waals surface area contributed by atoms with Gasteiger partial charge in [0, 0.05) is 0 Å². The molecule has 0 saturated carbocycles. The Morgan fingerprint density at radius 3 is 2.48 bits per heavy atom. The van der Waals surface area contributed by atoms with Crippen molar-refractivity contribution in [2.24, 2.45) is 0 Å². The summed E-state index contributed by atoms with van der Waals surface area (Å²) < 4.78 is 53.6. The number of phosphoric ester groups is 1. The molecule has 1 aromatic carbocycles. The van der Waals surface area contributed by atoms with E-state index in [2.05, 4.69) is 29.8 Å². The molecule has 0 spiro atoms. The highest BCUT2D eigenvalue weighted by atomic mass is 31.2. The molecule has 0 aliphatic heterocycles. The summed E-state index contributed by atoms with van der Waals surface area (Å²) >= 11 is 0. The topological polar surface area (TPSA) is 58.6 Å². The molecule has 0 aromatic heterocycles. The van der Waals surface area contributed by atoms with Gasteiger partial charge in [0.05, 0.1) is 6.61 Å². The number of rotatable bonds is 8. The first-order valence-electron chi connectivity index (χ1n) is 7.28. The van der Waals surface area contributed by atoms with Crippen molar-refractivity contribution in [2.45, 2.75) is 51.8 Å². The minimum Gasteiger partial charge on any atom is -0.756 e. The molecule has 0 fully saturated rings. The number of hydrogen-bond donors (Lipinski definition) is 0. The maximum atomic E-state index is 11.8. The summed E-state index contributed by atoms with van der Waals surface area (Å²) in [5.74, 6) is 0. The minimum absolute atomic E-state index is 0.0256. The smallest absolute Gasteiger partial charge is 0.528 e. The van der Waals surface area contributed by atoms with Crippen LogP contribution in [0.4, 0.5) is 13.2 Å². The highest BCUT2D eigenvalue weighted by Gasteiger charge is 2.35. The molecule has 0 N–H and O–H groups in total. The third-order valence-corrected chi connectivity index (χ3v) is 4.60. The Morgan fingerprint density at radius 2 is 1.91 bits per heavy atom. The van der Waals surface area contributed by atoms with Gasteiger partial charge in [-0.2, -0.15) is 0 Å². The standard InChI is InChI=1S/C15H22F3O4P/c1-4-14(2,3)13-9-5-7-12(11-13)8-6-10-21-23(19,20)22-15(16,17)18/h5,7,9,11H,4,6,8,10H2,1-3H3,(H,19,20)/p-1. The molecule has 1 atom stereocenters. The van der Waals surface area contributed by atoms with E-state index in [1.54, 1.807) is 0 Å². The molecule has 0 aliphatic rings. The Hall–Kier alpha value is -0.880. The van der Waals surface area contributed by atoms with E-state index in [0.29, 0.717) is 6.42 Å². The molecule has 0 saturated heterocycles. The zero-order valence-corrected chi connectivity index (χ0v) is 14.2. The lowest BCUT2D eigenvalue weighted by atomic mass is 9.81. The Kier molecular flexibility index (Phi) is 6.83. The van der Waals surface area contributed by atoms with Crippen LogP contribution in [0.25, 0.3) is 0 Å². The SMILES string of the molecule is CCC(C)(C)c1cccc(CCCOP(=O)([O-])OC(F)(F)F)c1. The van der Waals surface area contributed by atoms with Crippen LogP contribution < -0.4 is 4.89 Å². The van der Waals surface area contributed by atoms with Crippen molar-refractivity contribution in [3.05, 3.63) is 35.4 Å². The fourth-order valence-electron chi connectivity index (χ4n) is 1.96. The van der Waals surface area contributed by atoms with Crippen molar-refractivity contribution < 1.29 is 31.7 Å². The minimum atomic E-state index is -5.35. The molecule has 1 rings (SSSR count). The van der Waals surface area contributed by atoms with Gasteiger partial charge >= 0.3 is 6.36 Å². The van der Waals surface area contributed by atoms with Gasteiger partial charge in [-0.15, -0.1) is 13.2 Å². The molecule has 23 heavy (non-hydrogen) atoms. The van der Waals surface area contributed by atoms with Gasteiger partial charge in [-0.1, -0.05) is 45.0 Å². The predicted octanol–water partition coefficient (Wildman–Crippen LogP) is 4.33. The summed E-state index contributed by atoms with van der Waals surface area (Å²) in [5.41, 5.74) is 2.16. The third kappa shape index (κ3) is 7.48. The summed E-state index contributed by atoms with van der Waals surface area (Å²) in [4.78, 5) is 10.9. The number of hydrogen-bond acceptors (Lipinski definition) is 4. The van der Waals surface area contributed by atoms with Crippen LogP contribution in [0.5, 0.6) is 0 Å². The average molecular weight is 353 g/mol. The molecule has 0 radical (unpaired) electrons. The molecule has 0 amide bonds. The second-order valence-electron chi connectivity index (χ2n) is 5.86. The molecular weight excluding hydrogens is 332 g/mol. The predicted molar refractivity (Wildman–Crippen MR) is 78.8 cm³/mol. The number of alkyl halides is 3. The summed E-state index contributed by atoms with van der Waals surface area (Å²) in [6.45, 7) is 5.97. The number of phosphoric acid groups is 1. The van der Waals surface area contributed by atoms with E-state index in [9.17, 15) is 22.6 Å². The maximum Gasteiger partial charge on any atom is 0.528 e. The number of aryl methyl sites for hydroxylation is 1. The van der Waals surface area contributed by atoms with Crippen LogP contribution in [0, 0.1) is 0 Å². The van der Waals surface area contributed by atoms with E-state index < -0.39 is 14.2 Å². The van der Waals surface area contributed by atoms with Gasteiger partial charge < -0.3 is 9.42 Å². The molecule has 0 heterocycles. The first kappa shape index (κ1) is 20.2. The zero-order chi connectivity index (χ0) is 17.7. The Bertz CT molecular complexity index is 558. The highest BCUT2D eigenvalue weighted by molar-refractivity contribution is 7.45. The molecule has 0 bridgehead atoms. The van der Waals surface area contributed by atoms with Crippen LogP contribution in [0.2, 0.25) is 0 Å². The van der Waals surface area contributed by atoms with Gasteiger partial charge in [0.2, 0.25) is 0 Å². The first-order chi connectivity index (χ1) is 10.5. The molecule has 132 valence electrons. The molecule has 8 heteroatoms. The van der Waals surface area contributed by atoms with E-state index in [4.69, 9.17) is 0 Å². The Labute approximate surface area is 134 Å². The van der Waals surface area contributed by atoms with Crippen LogP contribution in [0.15, 0.2) is 24.3 Å². The normalized spacial score (nSPS) is 15.4. The second-order valence-corrected chi connectivity index (χ2v) is 7.19. The van der Waals surface area contributed by atoms with E-state index in [1.165, 1.54) is 0 Å². The highest BCUT2D eigenvalue weighted by Crippen LogP contribution is 2.44. The summed E-state index contributed by atoms with van der Waals surface area (Å²) in [5, 5.41) is 0. The lowest BCUT2D eigenvalue weighted by molar-refractivity contribution is -0.322. The van der Waals surface area contributed by atoms with Gasteiger partial charge in [-0.05, 0) is 35.8 Å². The summed E-state index contributed by atoms with van der Waals surface area (Å²) in [6.07, 6.45) is -3.53. The van der Waals surface area contributed by atoms with Crippen molar-refractivity contribution in [3.63, 3.8) is 0 Å². The number of benzene rings is 1. The molecular formula is C15H21F3O4P-. The van der Waals surface area contributed by atoms with Crippen molar-refractivity contribution in [1.29, 1.82) is 0 Å². The molecule has 0 aliphatic carbocycles. The zero-order valence-electron chi connectivity index (χ0n) is 13.4. The van der Waals surface area contributed by atoms with Crippen LogP contribution >= 0.6 is 7.82 Å². The fraction of sp³-hybridized carbons (Fsp3) is 0.600. The van der Waals surface area contributed by atoms with Crippen molar-refractivity contribution in [1.82, 2.24) is 0 Å². The van der Waals surface area contributed by atoms with Crippen LogP contribution in [0.3, 0.4) is 0 Å². The summed E-state index contributed by atoms with van der Waals surface area (Å²) in [7, 11) is -5.35. The van der Waals surface area contributed by atoms with Gasteiger partial charge in [-0.25, -0.2) is 4.52 Å². The van der Waals surface area contributed by atoms with E-state index in [1.807, 2.05) is 24.3 Å². The van der Waals surface area contributed by atoms with E-state index in [-0.39, 0.29) is 18.4 Å². The van der Waals surface area contributed by atoms with Crippen molar-refractivity contribution in [2.75, 3.05) is 6.61 Å². The van der Waals surface area contributed by atoms with Gasteiger partial charge in [0.1, 0.15) is 0 Å². The van der Waals surface area contributed by atoms with Gasteiger partial charge in [-0.3, -0.25) is 4.57 Å². The quantitative estimate of drug-likeness (QED) is 0.516. The van der Waals surface area contributed by atoms with Gasteiger partial charge in [0.25, 0.3) is 7.82 Å². The maximum absolute atomic E-state index is 11.8. The third-order valence-electron chi connectivity index (χ3n) is 3.67. The number of halogens is 3. The fourth-order valence-corrected chi connectivity index (χ4v) is 2.62. The average Bonchev–Trinajstić information content (AvgIpc) is 2.41. The largest absolute Gasteiger partial charge is 0.756 e. The Morgan fingerprint density at radius 1 is 1.26 bits per heavy atom. The molecule has 1 aromatic rings. The van der Waals surface area contributed by atoms with Crippen LogP contribution in [-0.4, -0.2) is 13.0 Å². The van der Waals surface area contributed by atoms with E-state index in [0.717, 1.165) is 17.5 Å². The summed E-state index contributed by atoms with van der Waals surface area (Å²) in [6, 6.07) is 7.84. The first-order valence-corrected chi connectivity index (χ1v) is 8.74. The van der Waals surface area contributed by atoms with E-state index >= 15 is 0 Å². The van der Waals surface area contributed by atoms with Crippen LogP contribution in [0.1, 0.15) is 44.7 Å². The molecule has 4 nitrogen and oxygen atoms in total.